The molecule has 2 aliphatic rings. The molecule has 2 unspecified atom stereocenters. The van der Waals surface area contributed by atoms with Crippen LogP contribution in [0.25, 0.3) is 0 Å². The van der Waals surface area contributed by atoms with Gasteiger partial charge in [0, 0.05) is 24.8 Å². The van der Waals surface area contributed by atoms with Crippen LogP contribution in [0.2, 0.25) is 0 Å². The molecule has 4 nitrogen and oxygen atoms in total. The van der Waals surface area contributed by atoms with Gasteiger partial charge in [0.05, 0.1) is 18.1 Å². The SMILES string of the molecule is CC(C)C1CCCN1C(CN)c1cncn1C1CC1. The van der Waals surface area contributed by atoms with Gasteiger partial charge in [-0.05, 0) is 38.1 Å². The molecule has 0 amide bonds. The Balaban J connectivity index is 1.85. The van der Waals surface area contributed by atoms with Crippen molar-refractivity contribution in [1.82, 2.24) is 14.5 Å². The zero-order valence-corrected chi connectivity index (χ0v) is 12.1. The molecule has 106 valence electrons. The van der Waals surface area contributed by atoms with E-state index in [1.165, 1.54) is 37.9 Å². The van der Waals surface area contributed by atoms with Crippen molar-refractivity contribution in [1.29, 1.82) is 0 Å². The molecule has 2 atom stereocenters. The summed E-state index contributed by atoms with van der Waals surface area (Å²) >= 11 is 0. The van der Waals surface area contributed by atoms with Gasteiger partial charge < -0.3 is 10.3 Å². The Morgan fingerprint density at radius 2 is 2.16 bits per heavy atom. The molecule has 0 aromatic carbocycles. The second-order valence-electron chi connectivity index (χ2n) is 6.40. The first-order valence-electron chi connectivity index (χ1n) is 7.70. The zero-order valence-electron chi connectivity index (χ0n) is 12.1. The highest BCUT2D eigenvalue weighted by Gasteiger charge is 2.35. The fourth-order valence-electron chi connectivity index (χ4n) is 3.57. The Labute approximate surface area is 116 Å². The van der Waals surface area contributed by atoms with Crippen molar-refractivity contribution in [2.75, 3.05) is 13.1 Å². The second-order valence-corrected chi connectivity index (χ2v) is 6.40. The van der Waals surface area contributed by atoms with E-state index in [0.717, 1.165) is 0 Å². The maximum atomic E-state index is 6.11. The van der Waals surface area contributed by atoms with E-state index in [-0.39, 0.29) is 0 Å². The molecule has 3 rings (SSSR count). The lowest BCUT2D eigenvalue weighted by molar-refractivity contribution is 0.144. The number of rotatable bonds is 5. The fraction of sp³-hybridized carbons (Fsp3) is 0.800. The average molecular weight is 262 g/mol. The highest BCUT2D eigenvalue weighted by Crippen LogP contribution is 2.39. The van der Waals surface area contributed by atoms with Crippen molar-refractivity contribution in [3.05, 3.63) is 18.2 Å². The monoisotopic (exact) mass is 262 g/mol. The summed E-state index contributed by atoms with van der Waals surface area (Å²) < 4.78 is 2.37. The first-order valence-corrected chi connectivity index (χ1v) is 7.70. The number of nitrogens with zero attached hydrogens (tertiary/aromatic N) is 3. The maximum absolute atomic E-state index is 6.11. The van der Waals surface area contributed by atoms with Gasteiger partial charge in [-0.1, -0.05) is 13.8 Å². The van der Waals surface area contributed by atoms with Crippen molar-refractivity contribution in [2.45, 2.75) is 57.7 Å². The van der Waals surface area contributed by atoms with E-state index in [4.69, 9.17) is 5.73 Å². The molecule has 2 fully saturated rings. The van der Waals surface area contributed by atoms with E-state index < -0.39 is 0 Å². The molecular weight excluding hydrogens is 236 g/mol. The van der Waals surface area contributed by atoms with Crippen LogP contribution in [-0.2, 0) is 0 Å². The maximum Gasteiger partial charge on any atom is 0.0951 e. The zero-order chi connectivity index (χ0) is 13.4. The molecule has 1 aromatic heterocycles. The van der Waals surface area contributed by atoms with Gasteiger partial charge in [0.25, 0.3) is 0 Å². The van der Waals surface area contributed by atoms with Crippen molar-refractivity contribution >= 4 is 0 Å². The van der Waals surface area contributed by atoms with E-state index in [2.05, 4.69) is 28.3 Å². The molecule has 1 aliphatic heterocycles. The highest BCUT2D eigenvalue weighted by molar-refractivity contribution is 5.11. The summed E-state index contributed by atoms with van der Waals surface area (Å²) in [5.41, 5.74) is 7.44. The first-order chi connectivity index (χ1) is 9.22. The van der Waals surface area contributed by atoms with Gasteiger partial charge in [-0.25, -0.2) is 4.98 Å². The molecule has 0 bridgehead atoms. The molecule has 2 heterocycles. The molecular formula is C15H26N4. The van der Waals surface area contributed by atoms with Crippen LogP contribution < -0.4 is 5.73 Å². The number of aromatic nitrogens is 2. The first kappa shape index (κ1) is 13.1. The minimum absolute atomic E-state index is 0.345. The van der Waals surface area contributed by atoms with Crippen LogP contribution in [0.3, 0.4) is 0 Å². The summed E-state index contributed by atoms with van der Waals surface area (Å²) in [4.78, 5) is 7.00. The number of imidazole rings is 1. The van der Waals surface area contributed by atoms with Crippen LogP contribution in [0, 0.1) is 5.92 Å². The predicted molar refractivity (Wildman–Crippen MR) is 76.9 cm³/mol. The predicted octanol–water partition coefficient (Wildman–Crippen LogP) is 2.34. The Morgan fingerprint density at radius 3 is 2.79 bits per heavy atom. The lowest BCUT2D eigenvalue weighted by Gasteiger charge is -2.34. The molecule has 19 heavy (non-hydrogen) atoms. The van der Waals surface area contributed by atoms with E-state index in [1.54, 1.807) is 0 Å². The van der Waals surface area contributed by atoms with Crippen molar-refractivity contribution in [3.63, 3.8) is 0 Å². The Kier molecular flexibility index (Phi) is 3.63. The summed E-state index contributed by atoms with van der Waals surface area (Å²) in [7, 11) is 0. The van der Waals surface area contributed by atoms with Crippen LogP contribution in [-0.4, -0.2) is 33.6 Å². The van der Waals surface area contributed by atoms with Crippen molar-refractivity contribution in [2.24, 2.45) is 11.7 Å². The Bertz CT molecular complexity index is 422. The number of hydrogen-bond donors (Lipinski definition) is 1. The van der Waals surface area contributed by atoms with E-state index in [1.807, 2.05) is 12.5 Å². The van der Waals surface area contributed by atoms with Gasteiger partial charge in [0.2, 0.25) is 0 Å². The van der Waals surface area contributed by atoms with Gasteiger partial charge in [-0.15, -0.1) is 0 Å². The molecule has 1 aliphatic carbocycles. The smallest absolute Gasteiger partial charge is 0.0951 e. The largest absolute Gasteiger partial charge is 0.330 e. The average Bonchev–Trinajstić information content (AvgIpc) is 2.92. The fourth-order valence-corrected chi connectivity index (χ4v) is 3.57. The molecule has 1 saturated heterocycles. The van der Waals surface area contributed by atoms with Crippen molar-refractivity contribution < 1.29 is 0 Å². The van der Waals surface area contributed by atoms with Crippen LogP contribution in [0.15, 0.2) is 12.5 Å². The topological polar surface area (TPSA) is 47.1 Å². The molecule has 4 heteroatoms. The summed E-state index contributed by atoms with van der Waals surface area (Å²) in [5, 5.41) is 0. The molecule has 0 spiro atoms. The third kappa shape index (κ3) is 2.43. The van der Waals surface area contributed by atoms with Crippen LogP contribution >= 0.6 is 0 Å². The molecule has 1 aromatic rings. The third-order valence-electron chi connectivity index (χ3n) is 4.71. The number of nitrogens with two attached hydrogens (primary N) is 1. The van der Waals surface area contributed by atoms with Crippen LogP contribution in [0.4, 0.5) is 0 Å². The summed E-state index contributed by atoms with van der Waals surface area (Å²) in [5.74, 6) is 0.703. The minimum atomic E-state index is 0.345. The second kappa shape index (κ2) is 5.25. The molecule has 1 saturated carbocycles. The standard InChI is InChI=1S/C15H26N4/c1-11(2)13-4-3-7-18(13)14(8-16)15-9-17-10-19(15)12-5-6-12/h9-14H,3-8,16H2,1-2H3. The Hall–Kier alpha value is -0.870. The lowest BCUT2D eigenvalue weighted by atomic mass is 10.00. The Morgan fingerprint density at radius 1 is 1.37 bits per heavy atom. The van der Waals surface area contributed by atoms with E-state index in [0.29, 0.717) is 30.6 Å². The van der Waals surface area contributed by atoms with Crippen LogP contribution in [0.1, 0.15) is 57.3 Å². The van der Waals surface area contributed by atoms with Gasteiger partial charge in [0.1, 0.15) is 0 Å². The van der Waals surface area contributed by atoms with Gasteiger partial charge >= 0.3 is 0 Å². The molecule has 2 N–H and O–H groups in total. The highest BCUT2D eigenvalue weighted by atomic mass is 15.2. The number of likely N-dealkylation sites (tertiary alicyclic amines) is 1. The van der Waals surface area contributed by atoms with Gasteiger partial charge in [-0.3, -0.25) is 4.90 Å². The van der Waals surface area contributed by atoms with Gasteiger partial charge in [0.15, 0.2) is 0 Å². The quantitative estimate of drug-likeness (QED) is 0.886. The minimum Gasteiger partial charge on any atom is -0.330 e. The summed E-state index contributed by atoms with van der Waals surface area (Å²) in [6.07, 6.45) is 9.24. The van der Waals surface area contributed by atoms with Crippen LogP contribution in [0.5, 0.6) is 0 Å². The lowest BCUT2D eigenvalue weighted by Crippen LogP contribution is -2.40. The van der Waals surface area contributed by atoms with E-state index in [9.17, 15) is 0 Å². The normalized spacial score (nSPS) is 26.2. The third-order valence-corrected chi connectivity index (χ3v) is 4.71. The molecule has 0 radical (unpaired) electrons. The van der Waals surface area contributed by atoms with Gasteiger partial charge in [-0.2, -0.15) is 0 Å². The van der Waals surface area contributed by atoms with E-state index >= 15 is 0 Å². The summed E-state index contributed by atoms with van der Waals surface area (Å²) in [6, 6.07) is 1.71. The summed E-state index contributed by atoms with van der Waals surface area (Å²) in [6.45, 7) is 6.53. The van der Waals surface area contributed by atoms with Crippen molar-refractivity contribution in [3.8, 4) is 0 Å². The number of hydrogen-bond acceptors (Lipinski definition) is 3.